The Balaban J connectivity index is 1.40. The second-order valence-corrected chi connectivity index (χ2v) is 9.51. The van der Waals surface area contributed by atoms with Gasteiger partial charge in [0.2, 0.25) is 5.91 Å². The zero-order valence-corrected chi connectivity index (χ0v) is 20.7. The lowest BCUT2D eigenvalue weighted by molar-refractivity contribution is -0.120. The Hall–Kier alpha value is -3.65. The number of aryl methyl sites for hydroxylation is 2. The number of aliphatic hydroxyl groups is 2. The van der Waals surface area contributed by atoms with E-state index in [1.165, 1.54) is 17.5 Å². The van der Waals surface area contributed by atoms with Gasteiger partial charge in [-0.25, -0.2) is 9.97 Å². The third-order valence-electron chi connectivity index (χ3n) is 6.17. The number of amides is 1. The summed E-state index contributed by atoms with van der Waals surface area (Å²) in [5, 5.41) is 29.2. The molecule has 1 aliphatic heterocycles. The van der Waals surface area contributed by atoms with E-state index in [1.54, 1.807) is 54.0 Å². The summed E-state index contributed by atoms with van der Waals surface area (Å²) in [6.07, 6.45) is 1.06. The van der Waals surface area contributed by atoms with Gasteiger partial charge in [0.25, 0.3) is 0 Å². The number of fused-ring (bicyclic) bond motifs is 1. The first-order valence-electron chi connectivity index (χ1n) is 11.2. The van der Waals surface area contributed by atoms with Crippen molar-refractivity contribution in [3.8, 4) is 5.13 Å². The zero-order chi connectivity index (χ0) is 25.6. The Labute approximate surface area is 209 Å². The molecule has 1 saturated heterocycles. The molecule has 0 saturated carbocycles. The van der Waals surface area contributed by atoms with Gasteiger partial charge in [-0.1, -0.05) is 0 Å². The van der Waals surface area contributed by atoms with Crippen LogP contribution < -0.4 is 15.6 Å². The molecule has 0 aliphatic carbocycles. The van der Waals surface area contributed by atoms with Gasteiger partial charge in [-0.2, -0.15) is 5.10 Å². The van der Waals surface area contributed by atoms with Gasteiger partial charge in [0.15, 0.2) is 28.3 Å². The van der Waals surface area contributed by atoms with Crippen LogP contribution in [0.25, 0.3) is 16.2 Å². The fourth-order valence-corrected chi connectivity index (χ4v) is 4.85. The number of aliphatic hydroxyl groups excluding tert-OH is 1. The van der Waals surface area contributed by atoms with Crippen molar-refractivity contribution < 1.29 is 19.7 Å². The standard InChI is InChI=1S/C23H25N7O5S/c1-12-6-17(29-8-13(9-29)21(32)25-16-7-14(11-35-3)28(2)27-16)26-20-18(12)19(31)15(22(33)34)10-30(20)23-24-4-5-36-23/h4-7,10,13,22,33-34H,8-9,11H2,1-3H3,(H,25,27,32). The molecule has 13 heteroatoms. The molecule has 0 aromatic carbocycles. The van der Waals surface area contributed by atoms with Gasteiger partial charge in [-0.15, -0.1) is 11.3 Å². The van der Waals surface area contributed by atoms with E-state index in [4.69, 9.17) is 9.72 Å². The zero-order valence-electron chi connectivity index (χ0n) is 19.9. The molecule has 5 heterocycles. The Bertz CT molecular complexity index is 1490. The second kappa shape index (κ2) is 9.43. The average molecular weight is 512 g/mol. The van der Waals surface area contributed by atoms with Crippen LogP contribution in [0.5, 0.6) is 0 Å². The van der Waals surface area contributed by atoms with Crippen molar-refractivity contribution in [1.29, 1.82) is 0 Å². The highest BCUT2D eigenvalue weighted by Crippen LogP contribution is 2.29. The van der Waals surface area contributed by atoms with Gasteiger partial charge >= 0.3 is 0 Å². The van der Waals surface area contributed by atoms with Crippen molar-refractivity contribution in [1.82, 2.24) is 24.3 Å². The Morgan fingerprint density at radius 1 is 1.33 bits per heavy atom. The van der Waals surface area contributed by atoms with Crippen LogP contribution in [0.15, 0.2) is 34.7 Å². The van der Waals surface area contributed by atoms with Crippen molar-refractivity contribution in [2.75, 3.05) is 30.4 Å². The van der Waals surface area contributed by atoms with Crippen molar-refractivity contribution in [3.05, 3.63) is 57.0 Å². The number of ether oxygens (including phenoxy) is 1. The fourth-order valence-electron chi connectivity index (χ4n) is 4.23. The van der Waals surface area contributed by atoms with E-state index in [0.717, 1.165) is 5.69 Å². The number of methoxy groups -OCH3 is 1. The van der Waals surface area contributed by atoms with Gasteiger partial charge in [0.05, 0.1) is 29.2 Å². The lowest BCUT2D eigenvalue weighted by Crippen LogP contribution is -2.52. The summed E-state index contributed by atoms with van der Waals surface area (Å²) < 4.78 is 8.39. The summed E-state index contributed by atoms with van der Waals surface area (Å²) >= 11 is 1.33. The summed E-state index contributed by atoms with van der Waals surface area (Å²) in [6.45, 7) is 3.08. The van der Waals surface area contributed by atoms with Gasteiger partial charge in [0, 0.05) is 51.1 Å². The number of carbonyl (C=O) groups is 1. The molecule has 1 aliphatic rings. The summed E-state index contributed by atoms with van der Waals surface area (Å²) in [4.78, 5) is 36.7. The van der Waals surface area contributed by atoms with Gasteiger partial charge in [0.1, 0.15) is 5.82 Å². The molecular weight excluding hydrogens is 486 g/mol. The minimum Gasteiger partial charge on any atom is -0.378 e. The van der Waals surface area contributed by atoms with E-state index in [0.29, 0.717) is 47.7 Å². The number of rotatable bonds is 7. The van der Waals surface area contributed by atoms with Crippen molar-refractivity contribution in [3.63, 3.8) is 0 Å². The number of nitrogens with zero attached hydrogens (tertiary/aromatic N) is 6. The van der Waals surface area contributed by atoms with Crippen LogP contribution in [0.1, 0.15) is 23.1 Å². The summed E-state index contributed by atoms with van der Waals surface area (Å²) in [7, 11) is 3.39. The predicted octanol–water partition coefficient (Wildman–Crippen LogP) is 1.09. The molecule has 1 fully saturated rings. The highest BCUT2D eigenvalue weighted by molar-refractivity contribution is 7.12. The lowest BCUT2D eigenvalue weighted by atomic mass is 9.98. The number of hydrogen-bond acceptors (Lipinski definition) is 10. The maximum Gasteiger partial charge on any atom is 0.232 e. The highest BCUT2D eigenvalue weighted by Gasteiger charge is 2.34. The number of thiazole rings is 1. The summed E-state index contributed by atoms with van der Waals surface area (Å²) in [6, 6.07) is 3.55. The maximum atomic E-state index is 13.0. The molecular formula is C23H25N7O5S. The fraction of sp³-hybridized carbons (Fsp3) is 0.348. The number of pyridine rings is 2. The normalized spacial score (nSPS) is 14.0. The molecule has 36 heavy (non-hydrogen) atoms. The van der Waals surface area contributed by atoms with E-state index in [2.05, 4.69) is 15.4 Å². The Kier molecular flexibility index (Phi) is 6.30. The van der Waals surface area contributed by atoms with Crippen LogP contribution in [0.2, 0.25) is 0 Å². The third-order valence-corrected chi connectivity index (χ3v) is 6.94. The topological polar surface area (TPSA) is 148 Å². The minimum atomic E-state index is -1.92. The predicted molar refractivity (Wildman–Crippen MR) is 133 cm³/mol. The van der Waals surface area contributed by atoms with Gasteiger partial charge in [-0.05, 0) is 18.6 Å². The monoisotopic (exact) mass is 511 g/mol. The molecule has 0 spiro atoms. The molecule has 5 rings (SSSR count). The lowest BCUT2D eigenvalue weighted by Gasteiger charge is -2.39. The van der Waals surface area contributed by atoms with Crippen LogP contribution in [0.4, 0.5) is 11.6 Å². The molecule has 12 nitrogen and oxygen atoms in total. The molecule has 0 radical (unpaired) electrons. The SMILES string of the molecule is COCc1cc(NC(=O)C2CN(c3cc(C)c4c(=O)c(C(O)O)cn(-c5nccs5)c4n3)C2)nn1C. The van der Waals surface area contributed by atoms with E-state index in [1.807, 2.05) is 4.90 Å². The first-order valence-corrected chi connectivity index (χ1v) is 12.1. The maximum absolute atomic E-state index is 13.0. The Morgan fingerprint density at radius 2 is 2.11 bits per heavy atom. The first kappa shape index (κ1) is 24.1. The van der Waals surface area contributed by atoms with E-state index >= 15 is 0 Å². The van der Waals surface area contributed by atoms with Crippen molar-refractivity contribution in [2.24, 2.45) is 13.0 Å². The minimum absolute atomic E-state index is 0.132. The number of carbonyl (C=O) groups excluding carboxylic acids is 1. The number of hydrogen-bond donors (Lipinski definition) is 3. The number of anilines is 2. The highest BCUT2D eigenvalue weighted by atomic mass is 32.1. The van der Waals surface area contributed by atoms with Gasteiger partial charge < -0.3 is 25.2 Å². The largest absolute Gasteiger partial charge is 0.378 e. The van der Waals surface area contributed by atoms with Gasteiger partial charge in [-0.3, -0.25) is 18.8 Å². The average Bonchev–Trinajstić information content (AvgIpc) is 3.43. The quantitative estimate of drug-likeness (QED) is 0.310. The van der Waals surface area contributed by atoms with Crippen molar-refractivity contribution in [2.45, 2.75) is 19.8 Å². The smallest absolute Gasteiger partial charge is 0.232 e. The molecule has 188 valence electrons. The second-order valence-electron chi connectivity index (χ2n) is 8.64. The number of aromatic nitrogens is 5. The van der Waals surface area contributed by atoms with Crippen LogP contribution in [0.3, 0.4) is 0 Å². The van der Waals surface area contributed by atoms with Crippen LogP contribution >= 0.6 is 11.3 Å². The third kappa shape index (κ3) is 4.26. The molecule has 1 amide bonds. The van der Waals surface area contributed by atoms with E-state index < -0.39 is 11.7 Å². The van der Waals surface area contributed by atoms with E-state index in [-0.39, 0.29) is 22.8 Å². The summed E-state index contributed by atoms with van der Waals surface area (Å²) in [5.74, 6) is 0.712. The van der Waals surface area contributed by atoms with Crippen LogP contribution in [-0.4, -0.2) is 60.6 Å². The molecule has 0 atom stereocenters. The van der Waals surface area contributed by atoms with Crippen LogP contribution in [-0.2, 0) is 23.2 Å². The summed E-state index contributed by atoms with van der Waals surface area (Å²) in [5.41, 5.74) is 1.20. The molecule has 4 aromatic heterocycles. The van der Waals surface area contributed by atoms with Crippen molar-refractivity contribution >= 4 is 39.9 Å². The molecule has 0 unspecified atom stereocenters. The first-order chi connectivity index (χ1) is 17.3. The van der Waals surface area contributed by atoms with Crippen LogP contribution in [0, 0.1) is 12.8 Å². The Morgan fingerprint density at radius 3 is 2.78 bits per heavy atom. The molecule has 3 N–H and O–H groups in total. The number of nitrogens with one attached hydrogen (secondary N) is 1. The molecule has 4 aromatic rings. The molecule has 0 bridgehead atoms. The van der Waals surface area contributed by atoms with E-state index in [9.17, 15) is 19.8 Å².